The second-order valence-corrected chi connectivity index (χ2v) is 3.27. The van der Waals surface area contributed by atoms with Crippen LogP contribution >= 0.6 is 11.8 Å². The van der Waals surface area contributed by atoms with Crippen LogP contribution in [-0.4, -0.2) is 30.6 Å². The van der Waals surface area contributed by atoms with Crippen molar-refractivity contribution in [3.05, 3.63) is 0 Å². The number of cyclic esters (lactones) is 1. The molecule has 1 aliphatic rings. The first-order valence-electron chi connectivity index (χ1n) is 3.76. The quantitative estimate of drug-likeness (QED) is 0.537. The Morgan fingerprint density at radius 2 is 1.92 bits per heavy atom. The lowest BCUT2D eigenvalue weighted by molar-refractivity contribution is -0.166. The van der Waals surface area contributed by atoms with Crippen LogP contribution in [0.2, 0.25) is 0 Å². The molecule has 0 N–H and O–H groups in total. The number of thioether (sulfide) groups is 1. The van der Waals surface area contributed by atoms with Gasteiger partial charge in [-0.15, -0.1) is 0 Å². The Balaban J connectivity index is 2.32. The van der Waals surface area contributed by atoms with Crippen LogP contribution in [0, 0.1) is 0 Å². The molecule has 0 saturated carbocycles. The zero-order valence-corrected chi connectivity index (χ0v) is 7.80. The standard InChI is InChI=1S/C7H10O5S/c8-6-1-2-7(9)13-5-11-3-10-4-12-6/h1-5H2. The molecule has 6 heteroatoms. The van der Waals surface area contributed by atoms with Crippen molar-refractivity contribution in [3.8, 4) is 0 Å². The molecule has 1 heterocycles. The first-order chi connectivity index (χ1) is 6.29. The molecular weight excluding hydrogens is 196 g/mol. The average molecular weight is 206 g/mol. The van der Waals surface area contributed by atoms with Crippen molar-refractivity contribution in [3.63, 3.8) is 0 Å². The molecule has 0 unspecified atom stereocenters. The highest BCUT2D eigenvalue weighted by molar-refractivity contribution is 8.13. The average Bonchev–Trinajstić information content (AvgIpc) is 2.15. The van der Waals surface area contributed by atoms with Gasteiger partial charge in [0.15, 0.2) is 18.7 Å². The van der Waals surface area contributed by atoms with Gasteiger partial charge in [-0.05, 0) is 0 Å². The van der Waals surface area contributed by atoms with E-state index in [2.05, 4.69) is 4.74 Å². The number of ether oxygens (including phenoxy) is 3. The summed E-state index contributed by atoms with van der Waals surface area (Å²) in [6.07, 6.45) is 0.294. The lowest BCUT2D eigenvalue weighted by Gasteiger charge is -2.03. The number of esters is 1. The summed E-state index contributed by atoms with van der Waals surface area (Å²) in [5, 5.41) is -0.0705. The number of carbonyl (C=O) groups excluding carboxylic acids is 2. The van der Waals surface area contributed by atoms with E-state index in [1.165, 1.54) is 0 Å². The van der Waals surface area contributed by atoms with Gasteiger partial charge in [-0.25, -0.2) is 0 Å². The highest BCUT2D eigenvalue weighted by Gasteiger charge is 2.09. The lowest BCUT2D eigenvalue weighted by Crippen LogP contribution is -2.09. The molecule has 0 spiro atoms. The van der Waals surface area contributed by atoms with E-state index in [0.717, 1.165) is 11.8 Å². The predicted octanol–water partition coefficient (Wildman–Crippen LogP) is 0.489. The Bertz CT molecular complexity index is 173. The van der Waals surface area contributed by atoms with Crippen LogP contribution in [0.3, 0.4) is 0 Å². The third-order valence-electron chi connectivity index (χ3n) is 1.31. The Morgan fingerprint density at radius 3 is 2.77 bits per heavy atom. The fourth-order valence-electron chi connectivity index (χ4n) is 0.690. The van der Waals surface area contributed by atoms with E-state index < -0.39 is 5.97 Å². The van der Waals surface area contributed by atoms with Gasteiger partial charge in [0.2, 0.25) is 0 Å². The summed E-state index contributed by atoms with van der Waals surface area (Å²) in [5.41, 5.74) is 0. The summed E-state index contributed by atoms with van der Waals surface area (Å²) in [4.78, 5) is 21.8. The van der Waals surface area contributed by atoms with Crippen molar-refractivity contribution < 1.29 is 23.8 Å². The van der Waals surface area contributed by atoms with Crippen molar-refractivity contribution >= 4 is 22.8 Å². The van der Waals surface area contributed by atoms with E-state index in [9.17, 15) is 9.59 Å². The van der Waals surface area contributed by atoms with Gasteiger partial charge in [-0.1, -0.05) is 11.8 Å². The first kappa shape index (κ1) is 10.5. The SMILES string of the molecule is O=C1CCC(=O)SCOCOCO1. The Hall–Kier alpha value is -0.590. The van der Waals surface area contributed by atoms with Gasteiger partial charge in [0.05, 0.1) is 6.42 Å². The molecule has 1 rings (SSSR count). The van der Waals surface area contributed by atoms with Crippen LogP contribution in [0.25, 0.3) is 0 Å². The smallest absolute Gasteiger partial charge is 0.308 e. The predicted molar refractivity (Wildman–Crippen MR) is 44.7 cm³/mol. The normalized spacial score (nSPS) is 21.8. The van der Waals surface area contributed by atoms with Gasteiger partial charge in [-0.2, -0.15) is 0 Å². The van der Waals surface area contributed by atoms with Crippen LogP contribution in [-0.2, 0) is 23.8 Å². The number of rotatable bonds is 0. The minimum atomic E-state index is -0.421. The van der Waals surface area contributed by atoms with Crippen molar-refractivity contribution in [2.45, 2.75) is 12.8 Å². The van der Waals surface area contributed by atoms with E-state index in [0.29, 0.717) is 0 Å². The second-order valence-electron chi connectivity index (χ2n) is 2.29. The third-order valence-corrected chi connectivity index (χ3v) is 2.12. The zero-order chi connectivity index (χ0) is 9.52. The van der Waals surface area contributed by atoms with E-state index in [1.54, 1.807) is 0 Å². The number of carbonyl (C=O) groups is 2. The van der Waals surface area contributed by atoms with Gasteiger partial charge < -0.3 is 14.2 Å². The van der Waals surface area contributed by atoms with E-state index >= 15 is 0 Å². The maximum atomic E-state index is 11.0. The van der Waals surface area contributed by atoms with Crippen molar-refractivity contribution in [1.29, 1.82) is 0 Å². The minimum absolute atomic E-state index is 0.0353. The fourth-order valence-corrected chi connectivity index (χ4v) is 1.22. The maximum Gasteiger partial charge on any atom is 0.308 e. The highest BCUT2D eigenvalue weighted by Crippen LogP contribution is 2.09. The number of hydrogen-bond acceptors (Lipinski definition) is 6. The van der Waals surface area contributed by atoms with Crippen LogP contribution in [0.5, 0.6) is 0 Å². The summed E-state index contributed by atoms with van der Waals surface area (Å²) >= 11 is 1.04. The molecule has 1 saturated heterocycles. The maximum absolute atomic E-state index is 11.0. The van der Waals surface area contributed by atoms with Crippen molar-refractivity contribution in [2.75, 3.05) is 19.5 Å². The molecule has 0 amide bonds. The molecule has 0 aromatic carbocycles. The summed E-state index contributed by atoms with van der Waals surface area (Å²) in [6.45, 7) is -0.0781. The summed E-state index contributed by atoms with van der Waals surface area (Å²) in [5.74, 6) is -0.164. The molecule has 0 atom stereocenters. The first-order valence-corrected chi connectivity index (χ1v) is 4.74. The highest BCUT2D eigenvalue weighted by atomic mass is 32.2. The Kier molecular flexibility index (Phi) is 4.81. The van der Waals surface area contributed by atoms with E-state index in [1.807, 2.05) is 0 Å². The van der Waals surface area contributed by atoms with Crippen LogP contribution in [0.1, 0.15) is 12.8 Å². The zero-order valence-electron chi connectivity index (χ0n) is 6.99. The van der Waals surface area contributed by atoms with E-state index in [-0.39, 0.29) is 37.5 Å². The summed E-state index contributed by atoms with van der Waals surface area (Å²) < 4.78 is 14.3. The largest absolute Gasteiger partial charge is 0.438 e. The van der Waals surface area contributed by atoms with Gasteiger partial charge in [0, 0.05) is 6.42 Å². The monoisotopic (exact) mass is 206 g/mol. The minimum Gasteiger partial charge on any atom is -0.438 e. The van der Waals surface area contributed by atoms with Gasteiger partial charge in [0.25, 0.3) is 0 Å². The van der Waals surface area contributed by atoms with Crippen LogP contribution < -0.4 is 0 Å². The molecule has 13 heavy (non-hydrogen) atoms. The summed E-state index contributed by atoms with van der Waals surface area (Å²) in [7, 11) is 0. The Labute approximate surface area is 79.7 Å². The van der Waals surface area contributed by atoms with Gasteiger partial charge in [0.1, 0.15) is 5.94 Å². The molecule has 5 nitrogen and oxygen atoms in total. The molecule has 74 valence electrons. The van der Waals surface area contributed by atoms with Crippen LogP contribution in [0.4, 0.5) is 0 Å². The molecule has 0 aliphatic carbocycles. The van der Waals surface area contributed by atoms with Crippen molar-refractivity contribution in [1.82, 2.24) is 0 Å². The topological polar surface area (TPSA) is 61.8 Å². The van der Waals surface area contributed by atoms with Gasteiger partial charge in [-0.3, -0.25) is 9.59 Å². The molecule has 0 bridgehead atoms. The molecular formula is C7H10O5S. The van der Waals surface area contributed by atoms with Gasteiger partial charge >= 0.3 is 5.97 Å². The molecule has 0 aromatic heterocycles. The number of hydrogen-bond donors (Lipinski definition) is 0. The molecule has 0 aromatic rings. The van der Waals surface area contributed by atoms with Crippen LogP contribution in [0.15, 0.2) is 0 Å². The molecule has 0 radical (unpaired) electrons. The molecule has 1 aliphatic heterocycles. The fraction of sp³-hybridized carbons (Fsp3) is 0.714. The lowest BCUT2D eigenvalue weighted by atomic mass is 10.3. The summed E-state index contributed by atoms with van der Waals surface area (Å²) in [6, 6.07) is 0. The Morgan fingerprint density at radius 1 is 1.08 bits per heavy atom. The third kappa shape index (κ3) is 4.87. The van der Waals surface area contributed by atoms with Crippen molar-refractivity contribution in [2.24, 2.45) is 0 Å². The van der Waals surface area contributed by atoms with E-state index in [4.69, 9.17) is 9.47 Å². The molecule has 1 fully saturated rings. The second kappa shape index (κ2) is 5.95.